The van der Waals surface area contributed by atoms with Crippen molar-refractivity contribution in [2.45, 2.75) is 147 Å². The van der Waals surface area contributed by atoms with Gasteiger partial charge in [-0.2, -0.15) is 13.2 Å². The Balaban J connectivity index is 0.742. The first kappa shape index (κ1) is 51.5. The van der Waals surface area contributed by atoms with Crippen LogP contribution in [0.2, 0.25) is 0 Å². The van der Waals surface area contributed by atoms with Gasteiger partial charge < -0.3 is 39.4 Å². The van der Waals surface area contributed by atoms with Crippen molar-refractivity contribution in [3.05, 3.63) is 77.4 Å². The van der Waals surface area contributed by atoms with Crippen LogP contribution < -0.4 is 4.74 Å². The number of ether oxygens (including phenoxy) is 4. The average molecular weight is 955 g/mol. The fourth-order valence-corrected chi connectivity index (χ4v) is 12.3. The van der Waals surface area contributed by atoms with Crippen LogP contribution in [-0.2, 0) is 34.8 Å². The van der Waals surface area contributed by atoms with Crippen molar-refractivity contribution in [2.75, 3.05) is 26.4 Å². The second-order valence-corrected chi connectivity index (χ2v) is 20.7. The van der Waals surface area contributed by atoms with E-state index in [2.05, 4.69) is 13.0 Å². The minimum Gasteiger partial charge on any atom is -0.491 e. The number of carbonyl (C=O) groups excluding carboxylic acids is 4. The lowest BCUT2D eigenvalue weighted by Crippen LogP contribution is -2.55. The van der Waals surface area contributed by atoms with E-state index in [1.807, 2.05) is 25.2 Å². The molecule has 6 aliphatic rings. The third kappa shape index (κ3) is 11.6. The van der Waals surface area contributed by atoms with Crippen LogP contribution >= 0.6 is 0 Å². The quantitative estimate of drug-likeness (QED) is 0.0624. The zero-order valence-electron chi connectivity index (χ0n) is 39.3. The average Bonchev–Trinajstić information content (AvgIpc) is 3.75. The molecule has 4 saturated carbocycles. The molecule has 10 atom stereocenters. The Kier molecular flexibility index (Phi) is 16.5. The highest BCUT2D eigenvalue weighted by Gasteiger charge is 2.64. The third-order valence-corrected chi connectivity index (χ3v) is 16.5. The van der Waals surface area contributed by atoms with E-state index in [9.17, 15) is 52.8 Å². The number of hydrogen-bond acceptors (Lipinski definition) is 12. The van der Waals surface area contributed by atoms with Gasteiger partial charge in [0.25, 0.3) is 0 Å². The van der Waals surface area contributed by atoms with Gasteiger partial charge in [0.2, 0.25) is 5.78 Å². The number of hydrogen-bond donors (Lipinski definition) is 4. The maximum Gasteiger partial charge on any atom is 0.508 e. The van der Waals surface area contributed by atoms with Gasteiger partial charge in [0, 0.05) is 36.0 Å². The lowest BCUT2D eigenvalue weighted by atomic mass is 9.50. The summed E-state index contributed by atoms with van der Waals surface area (Å²) >= 11 is 0. The molecule has 4 N–H and O–H groups in total. The Morgan fingerprint density at radius 1 is 0.926 bits per heavy atom. The number of unbranched alkanes of at least 4 members (excludes halogenated alkanes) is 1. The summed E-state index contributed by atoms with van der Waals surface area (Å²) < 4.78 is 60.6. The molecule has 6 aliphatic carbocycles. The van der Waals surface area contributed by atoms with Crippen molar-refractivity contribution in [1.82, 2.24) is 0 Å². The summed E-state index contributed by atoms with van der Waals surface area (Å²) in [5.41, 5.74) is -0.735. The number of rotatable bonds is 18. The molecule has 68 heavy (non-hydrogen) atoms. The number of ketones is 2. The number of aliphatic hydroxyl groups is 4. The van der Waals surface area contributed by atoms with Crippen molar-refractivity contribution in [1.29, 1.82) is 0 Å². The van der Waals surface area contributed by atoms with Crippen LogP contribution in [0.25, 0.3) is 0 Å². The molecule has 7 rings (SSSR count). The predicted molar refractivity (Wildman–Crippen MR) is 244 cm³/mol. The number of aliphatic hydroxyl groups excluding tert-OH is 3. The predicted octanol–water partition coefficient (Wildman–Crippen LogP) is 8.73. The van der Waals surface area contributed by atoms with Crippen LogP contribution in [0.4, 0.5) is 18.0 Å². The largest absolute Gasteiger partial charge is 0.508 e. The van der Waals surface area contributed by atoms with Gasteiger partial charge in [0.15, 0.2) is 12.4 Å². The number of halogens is 3. The van der Waals surface area contributed by atoms with E-state index in [4.69, 9.17) is 18.9 Å². The molecule has 1 aromatic carbocycles. The molecule has 1 unspecified atom stereocenters. The van der Waals surface area contributed by atoms with Crippen LogP contribution in [0.5, 0.6) is 5.75 Å². The van der Waals surface area contributed by atoms with Crippen LogP contribution in [0.15, 0.2) is 71.9 Å². The summed E-state index contributed by atoms with van der Waals surface area (Å²) in [6.07, 6.45) is 12.6. The molecular formula is C53H69F3O12. The summed E-state index contributed by atoms with van der Waals surface area (Å²) in [6.45, 7) is 3.85. The van der Waals surface area contributed by atoms with Crippen LogP contribution in [-0.4, -0.2) is 94.5 Å². The molecular weight excluding hydrogens is 886 g/mol. The van der Waals surface area contributed by atoms with E-state index in [-0.39, 0.29) is 78.6 Å². The third-order valence-electron chi connectivity index (χ3n) is 16.5. The first-order valence-electron chi connectivity index (χ1n) is 24.6. The van der Waals surface area contributed by atoms with Gasteiger partial charge in [-0.1, -0.05) is 61.4 Å². The minimum atomic E-state index is -4.52. The molecule has 12 nitrogen and oxygen atoms in total. The Morgan fingerprint density at radius 3 is 2.40 bits per heavy atom. The number of alkyl halides is 3. The van der Waals surface area contributed by atoms with Gasteiger partial charge in [-0.15, -0.1) is 0 Å². The van der Waals surface area contributed by atoms with Crippen molar-refractivity contribution < 1.29 is 71.7 Å². The number of benzene rings is 1. The maximum absolute atomic E-state index is 13.6. The highest BCUT2D eigenvalue weighted by molar-refractivity contribution is 5.92. The normalized spacial score (nSPS) is 34.1. The van der Waals surface area contributed by atoms with Crippen molar-refractivity contribution >= 4 is 23.7 Å². The first-order valence-corrected chi connectivity index (χ1v) is 24.6. The highest BCUT2D eigenvalue weighted by Crippen LogP contribution is 2.65. The summed E-state index contributed by atoms with van der Waals surface area (Å²) in [5, 5.41) is 43.5. The Labute approximate surface area is 397 Å². The van der Waals surface area contributed by atoms with Crippen molar-refractivity contribution in [3.8, 4) is 5.75 Å². The molecule has 374 valence electrons. The summed E-state index contributed by atoms with van der Waals surface area (Å²) in [4.78, 5) is 50.9. The van der Waals surface area contributed by atoms with Crippen molar-refractivity contribution in [2.24, 2.45) is 46.3 Å². The Morgan fingerprint density at radius 2 is 1.66 bits per heavy atom. The monoisotopic (exact) mass is 954 g/mol. The fourth-order valence-electron chi connectivity index (χ4n) is 12.3. The molecule has 1 aromatic rings. The van der Waals surface area contributed by atoms with Gasteiger partial charge in [0.05, 0.1) is 31.0 Å². The molecule has 0 radical (unpaired) electrons. The van der Waals surface area contributed by atoms with E-state index in [0.717, 1.165) is 57.1 Å². The Bertz CT molecular complexity index is 2110. The molecule has 0 aliphatic heterocycles. The van der Waals surface area contributed by atoms with E-state index in [0.29, 0.717) is 51.6 Å². The first-order chi connectivity index (χ1) is 32.3. The van der Waals surface area contributed by atoms with Gasteiger partial charge >= 0.3 is 18.3 Å². The second-order valence-electron chi connectivity index (χ2n) is 20.7. The fraction of sp³-hybridized carbons (Fsp3) is 0.660. The summed E-state index contributed by atoms with van der Waals surface area (Å²) in [5.74, 6) is -0.726. The minimum absolute atomic E-state index is 0.0333. The number of fused-ring (bicyclic) bond motifs is 5. The van der Waals surface area contributed by atoms with Gasteiger partial charge in [-0.05, 0) is 137 Å². The lowest BCUT2D eigenvalue weighted by Gasteiger charge is -2.54. The topological polar surface area (TPSA) is 186 Å². The van der Waals surface area contributed by atoms with E-state index in [1.54, 1.807) is 6.08 Å². The van der Waals surface area contributed by atoms with Crippen LogP contribution in [0.3, 0.4) is 0 Å². The summed E-state index contributed by atoms with van der Waals surface area (Å²) in [6, 6.07) is 4.37. The number of esters is 1. The van der Waals surface area contributed by atoms with Crippen LogP contribution in [0, 0.1) is 46.3 Å². The zero-order chi connectivity index (χ0) is 48.9. The molecule has 0 bridgehead atoms. The lowest BCUT2D eigenvalue weighted by molar-refractivity contribution is -0.156. The van der Waals surface area contributed by atoms with Gasteiger partial charge in [-0.3, -0.25) is 14.4 Å². The SMILES string of the molecule is CC12CC=C3[C@@H](CCC4=CC(=O)CC[C@@]43C)[C@@H]1CC[C@]2(O)C(=O)COC(=O)OCC1CCC(COC(=O)CCC/C=C\C[C@@H]2[C@@H](/C=C/[C@@H](O)COc3cccc(C(F)(F)F)c3)[C@H](O)C[C@@H]2O)CC1. The molecule has 15 heteroatoms. The second kappa shape index (κ2) is 21.8. The van der Waals surface area contributed by atoms with E-state index < -0.39 is 65.5 Å². The molecule has 0 saturated heterocycles. The highest BCUT2D eigenvalue weighted by atomic mass is 19.4. The van der Waals surface area contributed by atoms with E-state index >= 15 is 0 Å². The maximum atomic E-state index is 13.6. The number of allylic oxidation sites excluding steroid dienone is 6. The smallest absolute Gasteiger partial charge is 0.491 e. The summed E-state index contributed by atoms with van der Waals surface area (Å²) in [7, 11) is 0. The molecule has 4 fully saturated rings. The molecule has 0 aromatic heterocycles. The zero-order valence-corrected chi connectivity index (χ0v) is 39.3. The molecule has 0 spiro atoms. The van der Waals surface area contributed by atoms with Crippen LogP contribution in [0.1, 0.15) is 122 Å². The number of Topliss-reactive ketones (excluding diaryl/α,β-unsaturated/α-hetero) is 1. The van der Waals surface area contributed by atoms with Crippen molar-refractivity contribution in [3.63, 3.8) is 0 Å². The van der Waals surface area contributed by atoms with E-state index in [1.165, 1.54) is 29.4 Å². The Hall–Kier alpha value is -4.31. The number of carbonyl (C=O) groups is 4. The van der Waals surface area contributed by atoms with Gasteiger partial charge in [0.1, 0.15) is 24.1 Å². The standard InChI is InChI=1S/C53H69F3O12/c1-50-23-20-37(57)26-35(50)16-18-42-43(50)21-24-51(2)44(42)22-25-52(51,64)47(61)32-68-49(63)67-30-34-14-12-33(13-15-34)29-66-48(62)11-6-4-3-5-10-40-41(46(60)28-45(40)59)19-17-38(58)31-65-39-9-7-8-36(27-39)53(54,55)56/h3,5,7-9,17,19,21,26-27,33-34,38,40-42,44-46,58-60,64H,4,6,10-16,18,20,22-25,28-32H2,1-2H3/b5-3-,19-17+/t33?,34?,38-,40-,41-,42-,44+,45+,46-,50+,51?,52+/m1/s1. The van der Waals surface area contributed by atoms with Gasteiger partial charge in [-0.25, -0.2) is 4.79 Å². The molecule has 0 amide bonds. The molecule has 0 heterocycles.